The number of hydrogen-bond donors (Lipinski definition) is 1. The lowest BCUT2D eigenvalue weighted by atomic mass is 10.2. The summed E-state index contributed by atoms with van der Waals surface area (Å²) in [5, 5.41) is 3.02. The summed E-state index contributed by atoms with van der Waals surface area (Å²) < 4.78 is 2.26. The minimum absolute atomic E-state index is 0.0492. The molecule has 1 aromatic heterocycles. The Bertz CT molecular complexity index is 898. The Kier molecular flexibility index (Phi) is 5.56. The van der Waals surface area contributed by atoms with Gasteiger partial charge in [0.05, 0.1) is 11.0 Å². The average Bonchev–Trinajstić information content (AvgIpc) is 3.00. The molecule has 5 heteroatoms. The number of aryl methyl sites for hydroxylation is 1. The summed E-state index contributed by atoms with van der Waals surface area (Å²) in [5.41, 5.74) is 3.87. The lowest BCUT2D eigenvalue weighted by molar-refractivity contribution is 0.0954. The Hall–Kier alpha value is -2.82. The molecule has 0 saturated heterocycles. The van der Waals surface area contributed by atoms with E-state index in [2.05, 4.69) is 22.9 Å². The monoisotopic (exact) mass is 350 g/mol. The van der Waals surface area contributed by atoms with Crippen LogP contribution in [0.25, 0.3) is 11.0 Å². The van der Waals surface area contributed by atoms with E-state index >= 15 is 0 Å². The van der Waals surface area contributed by atoms with Crippen molar-refractivity contribution in [3.8, 4) is 0 Å². The van der Waals surface area contributed by atoms with Crippen molar-refractivity contribution in [2.45, 2.75) is 26.3 Å². The van der Waals surface area contributed by atoms with E-state index < -0.39 is 0 Å². The lowest BCUT2D eigenvalue weighted by Gasteiger charge is -2.13. The molecule has 0 fully saturated rings. The molecule has 0 spiro atoms. The third-order valence-corrected chi connectivity index (χ3v) is 4.44. The van der Waals surface area contributed by atoms with Crippen LogP contribution in [0.3, 0.4) is 0 Å². The average molecular weight is 350 g/mol. The number of para-hydroxylation sites is 2. The molecule has 1 amide bonds. The van der Waals surface area contributed by atoms with Crippen LogP contribution in [0.5, 0.6) is 0 Å². The Labute approximate surface area is 154 Å². The number of aromatic nitrogens is 2. The SMILES string of the molecule is CCCn1c(CCNC(=O)c2cccc(N(C)C)c2)nc2ccccc21. The summed E-state index contributed by atoms with van der Waals surface area (Å²) >= 11 is 0. The number of carbonyl (C=O) groups excluding carboxylic acids is 1. The van der Waals surface area contributed by atoms with Crippen molar-refractivity contribution in [1.29, 1.82) is 0 Å². The molecule has 0 aliphatic heterocycles. The second-order valence-electron chi connectivity index (χ2n) is 6.62. The zero-order valence-corrected chi connectivity index (χ0v) is 15.7. The van der Waals surface area contributed by atoms with Crippen LogP contribution in [0.15, 0.2) is 48.5 Å². The van der Waals surface area contributed by atoms with Gasteiger partial charge in [0, 0.05) is 44.9 Å². The fourth-order valence-corrected chi connectivity index (χ4v) is 3.10. The number of fused-ring (bicyclic) bond motifs is 1. The van der Waals surface area contributed by atoms with Crippen molar-refractivity contribution < 1.29 is 4.79 Å². The molecule has 0 atom stereocenters. The van der Waals surface area contributed by atoms with Crippen molar-refractivity contribution in [3.63, 3.8) is 0 Å². The maximum absolute atomic E-state index is 12.4. The normalized spacial score (nSPS) is 10.9. The zero-order chi connectivity index (χ0) is 18.5. The standard InChI is InChI=1S/C21H26N4O/c1-4-14-25-19-11-6-5-10-18(19)23-20(25)12-13-22-21(26)16-8-7-9-17(15-16)24(2)3/h5-11,15H,4,12-14H2,1-3H3,(H,22,26). The van der Waals surface area contributed by atoms with E-state index in [0.29, 0.717) is 18.5 Å². The van der Waals surface area contributed by atoms with E-state index in [1.54, 1.807) is 0 Å². The van der Waals surface area contributed by atoms with Gasteiger partial charge in [0.15, 0.2) is 0 Å². The number of rotatable bonds is 7. The van der Waals surface area contributed by atoms with Gasteiger partial charge in [-0.2, -0.15) is 0 Å². The number of amides is 1. The summed E-state index contributed by atoms with van der Waals surface area (Å²) in [5.74, 6) is 0.974. The number of benzene rings is 2. The summed E-state index contributed by atoms with van der Waals surface area (Å²) in [4.78, 5) is 19.2. The quantitative estimate of drug-likeness (QED) is 0.710. The van der Waals surface area contributed by atoms with Crippen molar-refractivity contribution >= 4 is 22.6 Å². The predicted octanol–water partition coefficient (Wildman–Crippen LogP) is 3.48. The van der Waals surface area contributed by atoms with Gasteiger partial charge in [-0.05, 0) is 36.8 Å². The Balaban J connectivity index is 1.68. The largest absolute Gasteiger partial charge is 0.378 e. The summed E-state index contributed by atoms with van der Waals surface area (Å²) in [6.45, 7) is 3.67. The highest BCUT2D eigenvalue weighted by Gasteiger charge is 2.11. The molecule has 0 saturated carbocycles. The van der Waals surface area contributed by atoms with Gasteiger partial charge >= 0.3 is 0 Å². The van der Waals surface area contributed by atoms with Gasteiger partial charge in [-0.1, -0.05) is 25.1 Å². The second kappa shape index (κ2) is 8.04. The van der Waals surface area contributed by atoms with Gasteiger partial charge in [0.25, 0.3) is 5.91 Å². The molecule has 0 unspecified atom stereocenters. The molecule has 3 aromatic rings. The Morgan fingerprint density at radius 1 is 1.15 bits per heavy atom. The van der Waals surface area contributed by atoms with E-state index in [4.69, 9.17) is 4.98 Å². The molecule has 0 aliphatic rings. The van der Waals surface area contributed by atoms with E-state index in [1.807, 2.05) is 61.5 Å². The molecule has 26 heavy (non-hydrogen) atoms. The number of imidazole rings is 1. The van der Waals surface area contributed by atoms with Gasteiger partial charge in [-0.3, -0.25) is 4.79 Å². The number of carbonyl (C=O) groups is 1. The molecule has 5 nitrogen and oxygen atoms in total. The van der Waals surface area contributed by atoms with Crippen molar-refractivity contribution in [2.24, 2.45) is 0 Å². The van der Waals surface area contributed by atoms with Gasteiger partial charge in [-0.15, -0.1) is 0 Å². The second-order valence-corrected chi connectivity index (χ2v) is 6.62. The smallest absolute Gasteiger partial charge is 0.251 e. The molecule has 3 rings (SSSR count). The molecule has 0 bridgehead atoms. The van der Waals surface area contributed by atoms with Gasteiger partial charge in [-0.25, -0.2) is 4.98 Å². The van der Waals surface area contributed by atoms with Crippen LogP contribution in [-0.2, 0) is 13.0 Å². The topological polar surface area (TPSA) is 50.2 Å². The van der Waals surface area contributed by atoms with Crippen LogP contribution >= 0.6 is 0 Å². The molecular weight excluding hydrogens is 324 g/mol. The summed E-state index contributed by atoms with van der Waals surface area (Å²) in [7, 11) is 3.93. The first kappa shape index (κ1) is 18.0. The Morgan fingerprint density at radius 3 is 2.73 bits per heavy atom. The molecule has 0 radical (unpaired) electrons. The minimum atomic E-state index is -0.0492. The fourth-order valence-electron chi connectivity index (χ4n) is 3.10. The van der Waals surface area contributed by atoms with Crippen molar-refractivity contribution in [3.05, 3.63) is 59.9 Å². The molecule has 136 valence electrons. The first-order valence-corrected chi connectivity index (χ1v) is 9.10. The van der Waals surface area contributed by atoms with E-state index in [1.165, 1.54) is 0 Å². The van der Waals surface area contributed by atoms with Crippen LogP contribution in [0.2, 0.25) is 0 Å². The fraction of sp³-hybridized carbons (Fsp3) is 0.333. The maximum Gasteiger partial charge on any atom is 0.251 e. The Morgan fingerprint density at radius 2 is 1.96 bits per heavy atom. The highest BCUT2D eigenvalue weighted by molar-refractivity contribution is 5.95. The number of nitrogens with one attached hydrogen (secondary N) is 1. The van der Waals surface area contributed by atoms with Crippen molar-refractivity contribution in [2.75, 3.05) is 25.5 Å². The van der Waals surface area contributed by atoms with Crippen LogP contribution in [0.1, 0.15) is 29.5 Å². The highest BCUT2D eigenvalue weighted by atomic mass is 16.1. The van der Waals surface area contributed by atoms with Gasteiger partial charge in [0.1, 0.15) is 5.82 Å². The number of nitrogens with zero attached hydrogens (tertiary/aromatic N) is 3. The highest BCUT2D eigenvalue weighted by Crippen LogP contribution is 2.17. The molecule has 1 heterocycles. The van der Waals surface area contributed by atoms with E-state index in [9.17, 15) is 4.79 Å². The predicted molar refractivity (Wildman–Crippen MR) is 107 cm³/mol. The molecular formula is C21H26N4O. The zero-order valence-electron chi connectivity index (χ0n) is 15.7. The van der Waals surface area contributed by atoms with Crippen LogP contribution in [-0.4, -0.2) is 36.1 Å². The summed E-state index contributed by atoms with van der Waals surface area (Å²) in [6.07, 6.45) is 1.77. The van der Waals surface area contributed by atoms with Gasteiger partial charge in [0.2, 0.25) is 0 Å². The number of anilines is 1. The first-order chi connectivity index (χ1) is 12.6. The first-order valence-electron chi connectivity index (χ1n) is 9.10. The van der Waals surface area contributed by atoms with E-state index in [0.717, 1.165) is 35.5 Å². The summed E-state index contributed by atoms with van der Waals surface area (Å²) in [6, 6.07) is 15.8. The van der Waals surface area contributed by atoms with Crippen molar-refractivity contribution in [1.82, 2.24) is 14.9 Å². The van der Waals surface area contributed by atoms with Gasteiger partial charge < -0.3 is 14.8 Å². The van der Waals surface area contributed by atoms with Crippen LogP contribution in [0, 0.1) is 0 Å². The lowest BCUT2D eigenvalue weighted by Crippen LogP contribution is -2.26. The van der Waals surface area contributed by atoms with Crippen LogP contribution < -0.4 is 10.2 Å². The minimum Gasteiger partial charge on any atom is -0.378 e. The maximum atomic E-state index is 12.4. The third-order valence-electron chi connectivity index (χ3n) is 4.44. The molecule has 1 N–H and O–H groups in total. The molecule has 2 aromatic carbocycles. The van der Waals surface area contributed by atoms with E-state index in [-0.39, 0.29) is 5.91 Å². The van der Waals surface area contributed by atoms with Crippen LogP contribution in [0.4, 0.5) is 5.69 Å². The molecule has 0 aliphatic carbocycles. The number of hydrogen-bond acceptors (Lipinski definition) is 3. The third kappa shape index (κ3) is 3.87.